The molecule has 0 aliphatic heterocycles. The molecule has 0 aliphatic carbocycles. The molecule has 0 saturated carbocycles. The first-order valence-electron chi connectivity index (χ1n) is 7.64. The van der Waals surface area contributed by atoms with Crippen LogP contribution in [0.25, 0.3) is 11.3 Å². The molecule has 2 aromatic rings. The van der Waals surface area contributed by atoms with Gasteiger partial charge in [-0.15, -0.1) is 11.3 Å². The van der Waals surface area contributed by atoms with Crippen LogP contribution in [-0.4, -0.2) is 48.5 Å². The van der Waals surface area contributed by atoms with Crippen LogP contribution in [0.3, 0.4) is 0 Å². The van der Waals surface area contributed by atoms with E-state index in [1.54, 1.807) is 18.9 Å². The number of hydrogen-bond donors (Lipinski definition) is 1. The van der Waals surface area contributed by atoms with Crippen molar-refractivity contribution >= 4 is 28.3 Å². The molecule has 0 fully saturated rings. The van der Waals surface area contributed by atoms with E-state index in [1.807, 2.05) is 36.6 Å². The van der Waals surface area contributed by atoms with Crippen molar-refractivity contribution in [3.05, 3.63) is 35.2 Å². The number of anilines is 1. The lowest BCUT2D eigenvalue weighted by Gasteiger charge is -2.14. The van der Waals surface area contributed by atoms with Crippen LogP contribution in [0.1, 0.15) is 12.5 Å². The Labute approximate surface area is 145 Å². The molecule has 0 bridgehead atoms. The van der Waals surface area contributed by atoms with Crippen LogP contribution in [0.4, 0.5) is 5.13 Å². The third-order valence-corrected chi connectivity index (χ3v) is 3.97. The SMILES string of the molecule is CCOC(=O)CN(C)CC(=O)Nc1nc(-c2ccc(C)cc2)cs1. The van der Waals surface area contributed by atoms with Crippen LogP contribution in [-0.2, 0) is 14.3 Å². The molecule has 0 saturated heterocycles. The molecule has 0 atom stereocenters. The Morgan fingerprint density at radius 1 is 1.25 bits per heavy atom. The van der Waals surface area contributed by atoms with Gasteiger partial charge in [0.2, 0.25) is 5.91 Å². The molecule has 128 valence electrons. The fourth-order valence-electron chi connectivity index (χ4n) is 2.07. The van der Waals surface area contributed by atoms with Crippen molar-refractivity contribution in [2.75, 3.05) is 32.1 Å². The maximum atomic E-state index is 12.0. The topological polar surface area (TPSA) is 71.5 Å². The number of benzene rings is 1. The van der Waals surface area contributed by atoms with E-state index in [1.165, 1.54) is 16.9 Å². The second-order valence-electron chi connectivity index (χ2n) is 5.43. The van der Waals surface area contributed by atoms with Gasteiger partial charge < -0.3 is 10.1 Å². The molecule has 0 aliphatic rings. The first-order chi connectivity index (χ1) is 11.5. The second kappa shape index (κ2) is 8.56. The minimum absolute atomic E-state index is 0.0771. The van der Waals surface area contributed by atoms with Gasteiger partial charge >= 0.3 is 5.97 Å². The largest absolute Gasteiger partial charge is 0.465 e. The van der Waals surface area contributed by atoms with Gasteiger partial charge in [0, 0.05) is 10.9 Å². The van der Waals surface area contributed by atoms with Crippen LogP contribution >= 0.6 is 11.3 Å². The summed E-state index contributed by atoms with van der Waals surface area (Å²) < 4.78 is 4.85. The summed E-state index contributed by atoms with van der Waals surface area (Å²) >= 11 is 1.37. The standard InChI is InChI=1S/C17H21N3O3S/c1-4-23-16(22)10-20(3)9-15(21)19-17-18-14(11-24-17)13-7-5-12(2)6-8-13/h5-8,11H,4,9-10H2,1-3H3,(H,18,19,21). The van der Waals surface area contributed by atoms with Crippen molar-refractivity contribution in [2.45, 2.75) is 13.8 Å². The van der Waals surface area contributed by atoms with E-state index in [0.717, 1.165) is 11.3 Å². The molecule has 2 rings (SSSR count). The number of thiazole rings is 1. The first-order valence-corrected chi connectivity index (χ1v) is 8.52. The molecule has 1 aromatic heterocycles. The molecule has 0 spiro atoms. The molecule has 0 unspecified atom stereocenters. The van der Waals surface area contributed by atoms with Crippen molar-refractivity contribution in [3.8, 4) is 11.3 Å². The fourth-order valence-corrected chi connectivity index (χ4v) is 2.81. The molecular weight excluding hydrogens is 326 g/mol. The number of likely N-dealkylation sites (N-methyl/N-ethyl adjacent to an activating group) is 1. The maximum Gasteiger partial charge on any atom is 0.320 e. The molecule has 1 aromatic carbocycles. The highest BCUT2D eigenvalue weighted by molar-refractivity contribution is 7.14. The molecule has 0 radical (unpaired) electrons. The Morgan fingerprint density at radius 3 is 2.62 bits per heavy atom. The highest BCUT2D eigenvalue weighted by atomic mass is 32.1. The average molecular weight is 347 g/mol. The Kier molecular flexibility index (Phi) is 6.45. The van der Waals surface area contributed by atoms with Gasteiger partial charge in [0.15, 0.2) is 5.13 Å². The average Bonchev–Trinajstić information content (AvgIpc) is 2.96. The van der Waals surface area contributed by atoms with Crippen LogP contribution in [0.5, 0.6) is 0 Å². The van der Waals surface area contributed by atoms with Gasteiger partial charge in [-0.25, -0.2) is 4.98 Å². The van der Waals surface area contributed by atoms with Crippen molar-refractivity contribution in [2.24, 2.45) is 0 Å². The minimum Gasteiger partial charge on any atom is -0.465 e. The van der Waals surface area contributed by atoms with E-state index in [0.29, 0.717) is 11.7 Å². The molecule has 7 heteroatoms. The van der Waals surface area contributed by atoms with E-state index >= 15 is 0 Å². The van der Waals surface area contributed by atoms with Crippen LogP contribution in [0, 0.1) is 6.92 Å². The predicted molar refractivity (Wildman–Crippen MR) is 95.0 cm³/mol. The summed E-state index contributed by atoms with van der Waals surface area (Å²) in [6, 6.07) is 8.06. The van der Waals surface area contributed by atoms with Crippen molar-refractivity contribution in [3.63, 3.8) is 0 Å². The monoisotopic (exact) mass is 347 g/mol. The minimum atomic E-state index is -0.344. The summed E-state index contributed by atoms with van der Waals surface area (Å²) in [6.45, 7) is 4.29. The number of rotatable bonds is 7. The lowest BCUT2D eigenvalue weighted by molar-refractivity contribution is -0.144. The zero-order valence-corrected chi connectivity index (χ0v) is 14.9. The van der Waals surface area contributed by atoms with Gasteiger partial charge in [0.05, 0.1) is 25.4 Å². The quantitative estimate of drug-likeness (QED) is 0.780. The van der Waals surface area contributed by atoms with E-state index in [4.69, 9.17) is 4.74 Å². The number of carbonyl (C=O) groups is 2. The van der Waals surface area contributed by atoms with Gasteiger partial charge in [-0.2, -0.15) is 0 Å². The van der Waals surface area contributed by atoms with Crippen LogP contribution in [0.2, 0.25) is 0 Å². The zero-order chi connectivity index (χ0) is 17.5. The normalized spacial score (nSPS) is 10.7. The molecule has 1 amide bonds. The Balaban J connectivity index is 1.88. The molecule has 1 N–H and O–H groups in total. The summed E-state index contributed by atoms with van der Waals surface area (Å²) in [6.07, 6.45) is 0. The van der Waals surface area contributed by atoms with Gasteiger partial charge in [-0.05, 0) is 20.9 Å². The first kappa shape index (κ1) is 18.1. The Hall–Kier alpha value is -2.25. The Morgan fingerprint density at radius 2 is 1.96 bits per heavy atom. The van der Waals surface area contributed by atoms with Crippen molar-refractivity contribution in [1.82, 2.24) is 9.88 Å². The summed E-state index contributed by atoms with van der Waals surface area (Å²) in [5, 5.41) is 5.20. The van der Waals surface area contributed by atoms with Gasteiger partial charge in [0.25, 0.3) is 0 Å². The summed E-state index contributed by atoms with van der Waals surface area (Å²) in [5.41, 5.74) is 3.03. The Bertz CT molecular complexity index is 697. The molecule has 6 nitrogen and oxygen atoms in total. The van der Waals surface area contributed by atoms with Crippen molar-refractivity contribution < 1.29 is 14.3 Å². The second-order valence-corrected chi connectivity index (χ2v) is 6.29. The highest BCUT2D eigenvalue weighted by Gasteiger charge is 2.13. The lowest BCUT2D eigenvalue weighted by Crippen LogP contribution is -2.34. The lowest BCUT2D eigenvalue weighted by atomic mass is 10.1. The number of amides is 1. The number of aromatic nitrogens is 1. The van der Waals surface area contributed by atoms with Gasteiger partial charge in [-0.3, -0.25) is 14.5 Å². The van der Waals surface area contributed by atoms with Gasteiger partial charge in [0.1, 0.15) is 0 Å². The highest BCUT2D eigenvalue weighted by Crippen LogP contribution is 2.25. The van der Waals surface area contributed by atoms with Crippen LogP contribution < -0.4 is 5.32 Å². The summed E-state index contributed by atoms with van der Waals surface area (Å²) in [4.78, 5) is 29.4. The third kappa shape index (κ3) is 5.43. The zero-order valence-electron chi connectivity index (χ0n) is 14.0. The number of esters is 1. The third-order valence-electron chi connectivity index (χ3n) is 3.22. The number of nitrogens with zero attached hydrogens (tertiary/aromatic N) is 2. The van der Waals surface area contributed by atoms with Gasteiger partial charge in [-0.1, -0.05) is 29.8 Å². The molecule has 1 heterocycles. The van der Waals surface area contributed by atoms with E-state index in [-0.39, 0.29) is 25.0 Å². The summed E-state index contributed by atoms with van der Waals surface area (Å²) in [7, 11) is 1.69. The van der Waals surface area contributed by atoms with E-state index < -0.39 is 0 Å². The number of aryl methyl sites for hydroxylation is 1. The number of nitrogens with one attached hydrogen (secondary N) is 1. The number of hydrogen-bond acceptors (Lipinski definition) is 6. The predicted octanol–water partition coefficient (Wildman–Crippen LogP) is 2.55. The smallest absolute Gasteiger partial charge is 0.320 e. The number of ether oxygens (including phenoxy) is 1. The van der Waals surface area contributed by atoms with E-state index in [9.17, 15) is 9.59 Å². The molecular formula is C17H21N3O3S. The maximum absolute atomic E-state index is 12.0. The van der Waals surface area contributed by atoms with Crippen molar-refractivity contribution in [1.29, 1.82) is 0 Å². The van der Waals surface area contributed by atoms with E-state index in [2.05, 4.69) is 10.3 Å². The fraction of sp³-hybridized carbons (Fsp3) is 0.353. The number of carbonyl (C=O) groups excluding carboxylic acids is 2. The summed E-state index contributed by atoms with van der Waals surface area (Å²) in [5.74, 6) is -0.560. The van der Waals surface area contributed by atoms with Crippen LogP contribution in [0.15, 0.2) is 29.6 Å². The molecule has 24 heavy (non-hydrogen) atoms.